The summed E-state index contributed by atoms with van der Waals surface area (Å²) in [6.45, 7) is 0.824. The van der Waals surface area contributed by atoms with Crippen molar-refractivity contribution in [3.8, 4) is 0 Å². The van der Waals surface area contributed by atoms with Gasteiger partial charge in [-0.25, -0.2) is 4.98 Å². The van der Waals surface area contributed by atoms with Crippen molar-refractivity contribution in [1.29, 1.82) is 0 Å². The highest BCUT2D eigenvalue weighted by molar-refractivity contribution is 9.10. The lowest BCUT2D eigenvalue weighted by Crippen LogP contribution is -1.98. The van der Waals surface area contributed by atoms with Gasteiger partial charge < -0.3 is 9.88 Å². The first-order chi connectivity index (χ1) is 7.24. The standard InChI is InChI=1S/C11H12BrN3/c1-15-5-4-9(8-15)6-13-10-2-3-11(12)14-7-10/h2-5,7-8,13H,6H2,1H3. The Morgan fingerprint density at radius 3 is 2.87 bits per heavy atom. The van der Waals surface area contributed by atoms with Gasteiger partial charge in [-0.15, -0.1) is 0 Å². The molecule has 78 valence electrons. The Hall–Kier alpha value is -1.29. The van der Waals surface area contributed by atoms with E-state index >= 15 is 0 Å². The largest absolute Gasteiger partial charge is 0.380 e. The van der Waals surface area contributed by atoms with Crippen molar-refractivity contribution in [2.24, 2.45) is 7.05 Å². The minimum absolute atomic E-state index is 0.824. The number of nitrogens with zero attached hydrogens (tertiary/aromatic N) is 2. The van der Waals surface area contributed by atoms with Gasteiger partial charge in [-0.1, -0.05) is 0 Å². The summed E-state index contributed by atoms with van der Waals surface area (Å²) < 4.78 is 2.89. The lowest BCUT2D eigenvalue weighted by atomic mass is 10.3. The molecule has 0 fully saturated rings. The van der Waals surface area contributed by atoms with Crippen LogP contribution in [0.2, 0.25) is 0 Å². The number of hydrogen-bond acceptors (Lipinski definition) is 2. The fourth-order valence-electron chi connectivity index (χ4n) is 1.35. The molecular weight excluding hydrogens is 254 g/mol. The van der Waals surface area contributed by atoms with Gasteiger partial charge in [0.25, 0.3) is 0 Å². The van der Waals surface area contributed by atoms with E-state index in [1.54, 1.807) is 0 Å². The third-order valence-corrected chi connectivity index (χ3v) is 2.59. The third-order valence-electron chi connectivity index (χ3n) is 2.12. The zero-order valence-corrected chi connectivity index (χ0v) is 10.0. The summed E-state index contributed by atoms with van der Waals surface area (Å²) in [4.78, 5) is 4.15. The quantitative estimate of drug-likeness (QED) is 0.866. The Morgan fingerprint density at radius 1 is 1.40 bits per heavy atom. The van der Waals surface area contributed by atoms with Crippen molar-refractivity contribution >= 4 is 21.6 Å². The summed E-state index contributed by atoms with van der Waals surface area (Å²) in [5.41, 5.74) is 2.29. The maximum absolute atomic E-state index is 4.15. The van der Waals surface area contributed by atoms with Crippen LogP contribution in [-0.2, 0) is 13.6 Å². The van der Waals surface area contributed by atoms with Crippen LogP contribution in [0.3, 0.4) is 0 Å². The maximum atomic E-state index is 4.15. The van der Waals surface area contributed by atoms with E-state index in [1.807, 2.05) is 36.1 Å². The van der Waals surface area contributed by atoms with Gasteiger partial charge in [-0.2, -0.15) is 0 Å². The van der Waals surface area contributed by atoms with Crippen LogP contribution in [0.25, 0.3) is 0 Å². The van der Waals surface area contributed by atoms with Crippen molar-refractivity contribution in [2.75, 3.05) is 5.32 Å². The average molecular weight is 266 g/mol. The average Bonchev–Trinajstić information content (AvgIpc) is 2.64. The summed E-state index contributed by atoms with van der Waals surface area (Å²) in [7, 11) is 2.02. The monoisotopic (exact) mass is 265 g/mol. The van der Waals surface area contributed by atoms with E-state index in [-0.39, 0.29) is 0 Å². The molecule has 0 aliphatic carbocycles. The predicted molar refractivity (Wildman–Crippen MR) is 64.7 cm³/mol. The fraction of sp³-hybridized carbons (Fsp3) is 0.182. The van der Waals surface area contributed by atoms with Gasteiger partial charge >= 0.3 is 0 Å². The smallest absolute Gasteiger partial charge is 0.106 e. The first kappa shape index (κ1) is 10.2. The molecule has 0 saturated heterocycles. The minimum atomic E-state index is 0.824. The van der Waals surface area contributed by atoms with E-state index in [4.69, 9.17) is 0 Å². The Bertz CT molecular complexity index is 433. The molecule has 0 aliphatic rings. The Balaban J connectivity index is 1.96. The number of anilines is 1. The fourth-order valence-corrected chi connectivity index (χ4v) is 1.58. The molecular formula is C11H12BrN3. The summed E-state index contributed by atoms with van der Waals surface area (Å²) in [6.07, 6.45) is 5.95. The van der Waals surface area contributed by atoms with Crippen LogP contribution in [0, 0.1) is 0 Å². The number of halogens is 1. The highest BCUT2D eigenvalue weighted by Gasteiger charge is 1.95. The van der Waals surface area contributed by atoms with Crippen LogP contribution in [-0.4, -0.2) is 9.55 Å². The molecule has 2 heterocycles. The molecule has 2 rings (SSSR count). The number of hydrogen-bond donors (Lipinski definition) is 1. The molecule has 2 aromatic heterocycles. The number of aryl methyl sites for hydroxylation is 1. The van der Waals surface area contributed by atoms with Crippen LogP contribution in [0.1, 0.15) is 5.56 Å². The van der Waals surface area contributed by atoms with Crippen LogP contribution in [0.4, 0.5) is 5.69 Å². The number of nitrogens with one attached hydrogen (secondary N) is 1. The molecule has 0 spiro atoms. The minimum Gasteiger partial charge on any atom is -0.380 e. The molecule has 0 radical (unpaired) electrons. The van der Waals surface area contributed by atoms with Gasteiger partial charge in [0.05, 0.1) is 11.9 Å². The highest BCUT2D eigenvalue weighted by atomic mass is 79.9. The number of pyridine rings is 1. The summed E-state index contributed by atoms with van der Waals surface area (Å²) in [5.74, 6) is 0. The van der Waals surface area contributed by atoms with Crippen LogP contribution < -0.4 is 5.32 Å². The second-order valence-corrected chi connectivity index (χ2v) is 4.22. The first-order valence-electron chi connectivity index (χ1n) is 4.70. The van der Waals surface area contributed by atoms with E-state index in [0.717, 1.165) is 16.8 Å². The van der Waals surface area contributed by atoms with Gasteiger partial charge in [0.1, 0.15) is 4.60 Å². The molecule has 15 heavy (non-hydrogen) atoms. The van der Waals surface area contributed by atoms with Gasteiger partial charge in [0.15, 0.2) is 0 Å². The zero-order chi connectivity index (χ0) is 10.7. The van der Waals surface area contributed by atoms with Crippen molar-refractivity contribution in [3.63, 3.8) is 0 Å². The lowest BCUT2D eigenvalue weighted by molar-refractivity contribution is 0.920. The van der Waals surface area contributed by atoms with Crippen LogP contribution in [0.15, 0.2) is 41.4 Å². The molecule has 3 nitrogen and oxygen atoms in total. The summed E-state index contributed by atoms with van der Waals surface area (Å²) >= 11 is 3.30. The molecule has 0 aliphatic heterocycles. The Morgan fingerprint density at radius 2 is 2.27 bits per heavy atom. The number of aromatic nitrogens is 2. The Labute approximate surface area is 97.3 Å². The van der Waals surface area contributed by atoms with E-state index in [0.29, 0.717) is 0 Å². The first-order valence-corrected chi connectivity index (χ1v) is 5.49. The van der Waals surface area contributed by atoms with Crippen molar-refractivity contribution in [1.82, 2.24) is 9.55 Å². The van der Waals surface area contributed by atoms with Gasteiger partial charge in [0.2, 0.25) is 0 Å². The van der Waals surface area contributed by atoms with Crippen molar-refractivity contribution in [3.05, 3.63) is 47.0 Å². The van der Waals surface area contributed by atoms with E-state index in [1.165, 1.54) is 5.56 Å². The van der Waals surface area contributed by atoms with E-state index in [9.17, 15) is 0 Å². The lowest BCUT2D eigenvalue weighted by Gasteiger charge is -2.03. The molecule has 0 atom stereocenters. The Kier molecular flexibility index (Phi) is 3.06. The highest BCUT2D eigenvalue weighted by Crippen LogP contribution is 2.11. The number of rotatable bonds is 3. The zero-order valence-electron chi connectivity index (χ0n) is 8.44. The van der Waals surface area contributed by atoms with E-state index < -0.39 is 0 Å². The molecule has 0 amide bonds. The molecule has 1 N–H and O–H groups in total. The predicted octanol–water partition coefficient (Wildman–Crippen LogP) is 2.79. The summed E-state index contributed by atoms with van der Waals surface area (Å²) in [5, 5.41) is 3.30. The normalized spacial score (nSPS) is 10.3. The summed E-state index contributed by atoms with van der Waals surface area (Å²) in [6, 6.07) is 6.02. The van der Waals surface area contributed by atoms with Crippen molar-refractivity contribution < 1.29 is 0 Å². The molecule has 0 aromatic carbocycles. The third kappa shape index (κ3) is 2.83. The second-order valence-electron chi connectivity index (χ2n) is 3.41. The van der Waals surface area contributed by atoms with Crippen LogP contribution in [0.5, 0.6) is 0 Å². The van der Waals surface area contributed by atoms with Gasteiger partial charge in [-0.05, 0) is 39.7 Å². The molecule has 0 bridgehead atoms. The SMILES string of the molecule is Cn1ccc(CNc2ccc(Br)nc2)c1. The molecule has 4 heteroatoms. The van der Waals surface area contributed by atoms with Gasteiger partial charge in [0, 0.05) is 26.0 Å². The van der Waals surface area contributed by atoms with Crippen LogP contribution >= 0.6 is 15.9 Å². The molecule has 0 saturated carbocycles. The topological polar surface area (TPSA) is 29.9 Å². The maximum Gasteiger partial charge on any atom is 0.106 e. The van der Waals surface area contributed by atoms with Crippen molar-refractivity contribution in [2.45, 2.75) is 6.54 Å². The van der Waals surface area contributed by atoms with Gasteiger partial charge in [-0.3, -0.25) is 0 Å². The van der Waals surface area contributed by atoms with E-state index in [2.05, 4.69) is 38.5 Å². The molecule has 0 unspecified atom stereocenters. The molecule has 2 aromatic rings. The second kappa shape index (κ2) is 4.49.